The van der Waals surface area contributed by atoms with E-state index in [4.69, 9.17) is 9.15 Å². The summed E-state index contributed by atoms with van der Waals surface area (Å²) in [5.41, 5.74) is 1.60. The van der Waals surface area contributed by atoms with Crippen LogP contribution in [-0.2, 0) is 0 Å². The van der Waals surface area contributed by atoms with Gasteiger partial charge >= 0.3 is 6.09 Å². The third-order valence-corrected chi connectivity index (χ3v) is 2.89. The Balaban J connectivity index is 1.64. The number of anilines is 1. The molecule has 21 heavy (non-hydrogen) atoms. The van der Waals surface area contributed by atoms with Crippen molar-refractivity contribution < 1.29 is 13.9 Å². The fourth-order valence-electron chi connectivity index (χ4n) is 1.90. The monoisotopic (exact) mass is 279 g/mol. The molecule has 0 fully saturated rings. The predicted octanol–water partition coefficient (Wildman–Crippen LogP) is 4.56. The van der Waals surface area contributed by atoms with Crippen LogP contribution in [0.25, 0.3) is 11.3 Å². The van der Waals surface area contributed by atoms with E-state index >= 15 is 0 Å². The highest BCUT2D eigenvalue weighted by molar-refractivity contribution is 5.86. The van der Waals surface area contributed by atoms with Crippen LogP contribution in [0.2, 0.25) is 0 Å². The van der Waals surface area contributed by atoms with Crippen LogP contribution in [0.1, 0.15) is 0 Å². The topological polar surface area (TPSA) is 51.5 Å². The molecule has 4 heteroatoms. The molecule has 0 atom stereocenters. The van der Waals surface area contributed by atoms with Gasteiger partial charge < -0.3 is 9.15 Å². The molecule has 4 nitrogen and oxygen atoms in total. The van der Waals surface area contributed by atoms with E-state index in [1.807, 2.05) is 30.3 Å². The Kier molecular flexibility index (Phi) is 3.69. The van der Waals surface area contributed by atoms with Crippen LogP contribution >= 0.6 is 0 Å². The van der Waals surface area contributed by atoms with Gasteiger partial charge in [-0.1, -0.05) is 18.2 Å². The summed E-state index contributed by atoms with van der Waals surface area (Å²) in [6.45, 7) is 0. The Hall–Kier alpha value is -3.01. The lowest BCUT2D eigenvalue weighted by molar-refractivity contribution is 0.215. The molecule has 0 unspecified atom stereocenters. The van der Waals surface area contributed by atoms with E-state index < -0.39 is 6.09 Å². The summed E-state index contributed by atoms with van der Waals surface area (Å²) in [6.07, 6.45) is 1.10. The summed E-state index contributed by atoms with van der Waals surface area (Å²) >= 11 is 0. The summed E-state index contributed by atoms with van der Waals surface area (Å²) in [4.78, 5) is 11.7. The summed E-state index contributed by atoms with van der Waals surface area (Å²) in [6, 6.07) is 20.0. The molecule has 0 saturated heterocycles. The van der Waals surface area contributed by atoms with Crippen molar-refractivity contribution in [2.45, 2.75) is 0 Å². The zero-order chi connectivity index (χ0) is 14.5. The van der Waals surface area contributed by atoms with E-state index in [1.54, 1.807) is 42.7 Å². The highest BCUT2D eigenvalue weighted by atomic mass is 16.6. The molecule has 1 N–H and O–H groups in total. The zero-order valence-electron chi connectivity index (χ0n) is 11.2. The van der Waals surface area contributed by atoms with Gasteiger partial charge in [-0.15, -0.1) is 0 Å². The van der Waals surface area contributed by atoms with Crippen LogP contribution in [-0.4, -0.2) is 6.09 Å². The SMILES string of the molecule is O=C(Nc1ccc(-c2ccco2)cc1)Oc1ccccc1. The van der Waals surface area contributed by atoms with Gasteiger partial charge in [0, 0.05) is 11.3 Å². The average molecular weight is 279 g/mol. The molecule has 1 amide bonds. The largest absolute Gasteiger partial charge is 0.464 e. The fraction of sp³-hybridized carbons (Fsp3) is 0. The summed E-state index contributed by atoms with van der Waals surface area (Å²) in [7, 11) is 0. The van der Waals surface area contributed by atoms with Gasteiger partial charge in [-0.25, -0.2) is 4.79 Å². The van der Waals surface area contributed by atoms with E-state index in [0.29, 0.717) is 11.4 Å². The summed E-state index contributed by atoms with van der Waals surface area (Å²) < 4.78 is 10.5. The molecule has 0 aliphatic carbocycles. The van der Waals surface area contributed by atoms with Gasteiger partial charge in [0.25, 0.3) is 0 Å². The number of furan rings is 1. The molecule has 0 bridgehead atoms. The van der Waals surface area contributed by atoms with Crippen LogP contribution < -0.4 is 10.1 Å². The number of ether oxygens (including phenoxy) is 1. The number of rotatable bonds is 3. The number of hydrogen-bond donors (Lipinski definition) is 1. The van der Waals surface area contributed by atoms with Crippen LogP contribution in [0, 0.1) is 0 Å². The Morgan fingerprint density at radius 1 is 0.905 bits per heavy atom. The maximum atomic E-state index is 11.7. The lowest BCUT2D eigenvalue weighted by atomic mass is 10.1. The van der Waals surface area contributed by atoms with Gasteiger partial charge in [0.1, 0.15) is 11.5 Å². The molecule has 1 heterocycles. The Labute approximate surface area is 122 Å². The first-order chi connectivity index (χ1) is 10.3. The van der Waals surface area contributed by atoms with Crippen molar-refractivity contribution in [1.82, 2.24) is 0 Å². The highest BCUT2D eigenvalue weighted by Crippen LogP contribution is 2.21. The standard InChI is InChI=1S/C17H13NO3/c19-17(21-15-5-2-1-3-6-15)18-14-10-8-13(9-11-14)16-7-4-12-20-16/h1-12H,(H,18,19). The first-order valence-corrected chi connectivity index (χ1v) is 6.49. The second-order valence-corrected chi connectivity index (χ2v) is 4.38. The van der Waals surface area contributed by atoms with Gasteiger partial charge in [-0.3, -0.25) is 5.32 Å². The van der Waals surface area contributed by atoms with E-state index in [1.165, 1.54) is 0 Å². The lowest BCUT2D eigenvalue weighted by Crippen LogP contribution is -2.16. The Morgan fingerprint density at radius 3 is 2.33 bits per heavy atom. The fourth-order valence-corrected chi connectivity index (χ4v) is 1.90. The molecule has 0 aliphatic heterocycles. The molecule has 0 saturated carbocycles. The quantitative estimate of drug-likeness (QED) is 0.764. The number of para-hydroxylation sites is 1. The minimum absolute atomic E-state index is 0.502. The highest BCUT2D eigenvalue weighted by Gasteiger charge is 2.05. The van der Waals surface area contributed by atoms with E-state index in [-0.39, 0.29) is 0 Å². The number of amides is 1. The molecule has 0 aliphatic rings. The zero-order valence-corrected chi connectivity index (χ0v) is 11.2. The minimum atomic E-state index is -0.521. The van der Waals surface area contributed by atoms with E-state index in [9.17, 15) is 4.79 Å². The minimum Gasteiger partial charge on any atom is -0.464 e. The smallest absolute Gasteiger partial charge is 0.417 e. The van der Waals surface area contributed by atoms with Gasteiger partial charge in [0.2, 0.25) is 0 Å². The second-order valence-electron chi connectivity index (χ2n) is 4.38. The lowest BCUT2D eigenvalue weighted by Gasteiger charge is -2.06. The maximum Gasteiger partial charge on any atom is 0.417 e. The third kappa shape index (κ3) is 3.30. The Bertz CT molecular complexity index is 704. The van der Waals surface area contributed by atoms with Crippen LogP contribution in [0.15, 0.2) is 77.4 Å². The molecular weight excluding hydrogens is 266 g/mol. The number of carbonyl (C=O) groups excluding carboxylic acids is 1. The van der Waals surface area contributed by atoms with E-state index in [0.717, 1.165) is 11.3 Å². The van der Waals surface area contributed by atoms with Gasteiger partial charge in [0.15, 0.2) is 0 Å². The molecule has 2 aromatic carbocycles. The molecule has 0 spiro atoms. The van der Waals surface area contributed by atoms with Crippen molar-refractivity contribution in [2.75, 3.05) is 5.32 Å². The second kappa shape index (κ2) is 5.96. The van der Waals surface area contributed by atoms with Gasteiger partial charge in [0.05, 0.1) is 6.26 Å². The van der Waals surface area contributed by atoms with E-state index in [2.05, 4.69) is 5.32 Å². The van der Waals surface area contributed by atoms with Crippen molar-refractivity contribution in [3.63, 3.8) is 0 Å². The molecule has 3 aromatic rings. The van der Waals surface area contributed by atoms with Crippen molar-refractivity contribution in [2.24, 2.45) is 0 Å². The average Bonchev–Trinajstić information content (AvgIpc) is 3.03. The van der Waals surface area contributed by atoms with Gasteiger partial charge in [-0.05, 0) is 48.5 Å². The molecule has 1 aromatic heterocycles. The molecule has 3 rings (SSSR count). The van der Waals surface area contributed by atoms with Crippen molar-refractivity contribution in [3.8, 4) is 17.1 Å². The number of nitrogens with one attached hydrogen (secondary N) is 1. The van der Waals surface area contributed by atoms with Gasteiger partial charge in [-0.2, -0.15) is 0 Å². The van der Waals surface area contributed by atoms with Crippen molar-refractivity contribution >= 4 is 11.8 Å². The third-order valence-electron chi connectivity index (χ3n) is 2.89. The number of benzene rings is 2. The summed E-state index contributed by atoms with van der Waals surface area (Å²) in [5.74, 6) is 1.29. The summed E-state index contributed by atoms with van der Waals surface area (Å²) in [5, 5.41) is 2.67. The van der Waals surface area contributed by atoms with Crippen molar-refractivity contribution in [1.29, 1.82) is 0 Å². The maximum absolute atomic E-state index is 11.7. The number of carbonyl (C=O) groups is 1. The molecule has 0 radical (unpaired) electrons. The Morgan fingerprint density at radius 2 is 1.67 bits per heavy atom. The van der Waals surface area contributed by atoms with Crippen molar-refractivity contribution in [3.05, 3.63) is 73.0 Å². The molecule has 104 valence electrons. The van der Waals surface area contributed by atoms with Crippen LogP contribution in [0.3, 0.4) is 0 Å². The predicted molar refractivity (Wildman–Crippen MR) is 80.2 cm³/mol. The van der Waals surface area contributed by atoms with Crippen LogP contribution in [0.4, 0.5) is 10.5 Å². The number of hydrogen-bond acceptors (Lipinski definition) is 3. The first kappa shape index (κ1) is 13.0. The molecular formula is C17H13NO3. The van der Waals surface area contributed by atoms with Crippen LogP contribution in [0.5, 0.6) is 5.75 Å². The first-order valence-electron chi connectivity index (χ1n) is 6.49. The normalized spacial score (nSPS) is 10.1.